The molecular weight excluding hydrogens is 426 g/mol. The molecule has 1 amide bonds. The average molecular weight is 454 g/mol. The summed E-state index contributed by atoms with van der Waals surface area (Å²) in [6, 6.07) is 15.0. The molecule has 3 aromatic rings. The molecule has 0 aliphatic rings. The van der Waals surface area contributed by atoms with Gasteiger partial charge < -0.3 is 9.84 Å². The van der Waals surface area contributed by atoms with Crippen LogP contribution in [0.4, 0.5) is 5.69 Å². The fourth-order valence-corrected chi connectivity index (χ4v) is 4.63. The van der Waals surface area contributed by atoms with Gasteiger partial charge in [0, 0.05) is 13.5 Å². The minimum Gasteiger partial charge on any atom is -0.354 e. The highest BCUT2D eigenvalue weighted by Gasteiger charge is 2.19. The number of hydrogen-bond donors (Lipinski definition) is 2. The van der Waals surface area contributed by atoms with Crippen molar-refractivity contribution in [3.05, 3.63) is 76.7 Å². The van der Waals surface area contributed by atoms with E-state index >= 15 is 0 Å². The van der Waals surface area contributed by atoms with Gasteiger partial charge in [0.05, 0.1) is 4.90 Å². The summed E-state index contributed by atoms with van der Waals surface area (Å²) in [5, 5.41) is 6.56. The zero-order chi connectivity index (χ0) is 23.3. The van der Waals surface area contributed by atoms with Crippen molar-refractivity contribution in [3.8, 4) is 0 Å². The lowest BCUT2D eigenvalue weighted by Crippen LogP contribution is -2.28. The fourth-order valence-electron chi connectivity index (χ4n) is 3.22. The van der Waals surface area contributed by atoms with E-state index in [1.54, 1.807) is 38.1 Å². The molecule has 0 unspecified atom stereocenters. The molecule has 0 spiro atoms. The number of carbonyl (C=O) groups is 1. The SMILES string of the molecule is CC(=O)Nc1c(C)noc1/C=C\c1ccc(C)c(S(=O)(=O)NC[C@H](C)c2ccccc2)c1. The van der Waals surface area contributed by atoms with Gasteiger partial charge in [-0.25, -0.2) is 13.1 Å². The van der Waals surface area contributed by atoms with Gasteiger partial charge in [0.15, 0.2) is 5.76 Å². The van der Waals surface area contributed by atoms with E-state index in [2.05, 4.69) is 15.2 Å². The molecule has 0 bridgehead atoms. The molecule has 8 heteroatoms. The molecule has 1 heterocycles. The number of nitrogens with zero attached hydrogens (tertiary/aromatic N) is 1. The normalized spacial score (nSPS) is 12.8. The summed E-state index contributed by atoms with van der Waals surface area (Å²) < 4.78 is 34.0. The lowest BCUT2D eigenvalue weighted by molar-refractivity contribution is -0.114. The number of sulfonamides is 1. The van der Waals surface area contributed by atoms with E-state index in [4.69, 9.17) is 4.52 Å². The van der Waals surface area contributed by atoms with Crippen molar-refractivity contribution in [2.24, 2.45) is 0 Å². The molecule has 168 valence electrons. The van der Waals surface area contributed by atoms with Crippen molar-refractivity contribution in [1.82, 2.24) is 9.88 Å². The maximum Gasteiger partial charge on any atom is 0.240 e. The number of carbonyl (C=O) groups excluding carboxylic acids is 1. The molecule has 0 fully saturated rings. The highest BCUT2D eigenvalue weighted by Crippen LogP contribution is 2.24. The van der Waals surface area contributed by atoms with Crippen LogP contribution >= 0.6 is 0 Å². The third-order valence-corrected chi connectivity index (χ3v) is 6.63. The number of aryl methyl sites for hydroxylation is 2. The number of benzene rings is 2. The summed E-state index contributed by atoms with van der Waals surface area (Å²) >= 11 is 0. The Kier molecular flexibility index (Phi) is 7.27. The molecule has 1 aromatic heterocycles. The van der Waals surface area contributed by atoms with Crippen molar-refractivity contribution in [3.63, 3.8) is 0 Å². The van der Waals surface area contributed by atoms with Crippen LogP contribution in [0.25, 0.3) is 12.2 Å². The minimum atomic E-state index is -3.70. The number of aromatic nitrogens is 1. The van der Waals surface area contributed by atoms with E-state index in [0.29, 0.717) is 34.8 Å². The van der Waals surface area contributed by atoms with Crippen LogP contribution in [0.2, 0.25) is 0 Å². The first kappa shape index (κ1) is 23.4. The molecular formula is C24H27N3O4S. The van der Waals surface area contributed by atoms with Crippen LogP contribution in [-0.2, 0) is 14.8 Å². The highest BCUT2D eigenvalue weighted by molar-refractivity contribution is 7.89. The van der Waals surface area contributed by atoms with E-state index in [1.807, 2.05) is 43.3 Å². The number of anilines is 1. The molecule has 3 rings (SSSR count). The highest BCUT2D eigenvalue weighted by atomic mass is 32.2. The van der Waals surface area contributed by atoms with Crippen LogP contribution in [0.5, 0.6) is 0 Å². The number of rotatable bonds is 8. The molecule has 2 aromatic carbocycles. The second kappa shape index (κ2) is 9.93. The molecule has 1 atom stereocenters. The topological polar surface area (TPSA) is 101 Å². The van der Waals surface area contributed by atoms with E-state index in [0.717, 1.165) is 5.56 Å². The van der Waals surface area contributed by atoms with Crippen molar-refractivity contribution in [2.75, 3.05) is 11.9 Å². The zero-order valence-corrected chi connectivity index (χ0v) is 19.4. The van der Waals surface area contributed by atoms with Crippen LogP contribution in [0, 0.1) is 13.8 Å². The summed E-state index contributed by atoms with van der Waals surface area (Å²) in [7, 11) is -3.70. The third-order valence-electron chi connectivity index (χ3n) is 5.07. The molecule has 7 nitrogen and oxygen atoms in total. The van der Waals surface area contributed by atoms with Crippen molar-refractivity contribution in [2.45, 2.75) is 38.5 Å². The first-order valence-corrected chi connectivity index (χ1v) is 11.7. The Morgan fingerprint density at radius 2 is 1.84 bits per heavy atom. The van der Waals surface area contributed by atoms with Gasteiger partial charge in [-0.05, 0) is 48.6 Å². The molecule has 0 aliphatic carbocycles. The molecule has 2 N–H and O–H groups in total. The van der Waals surface area contributed by atoms with E-state index < -0.39 is 10.0 Å². The van der Waals surface area contributed by atoms with Crippen LogP contribution in [0.1, 0.15) is 47.9 Å². The quantitative estimate of drug-likeness (QED) is 0.523. The standard InChI is InChI=1S/C24H27N3O4S/c1-16-10-11-20(12-13-22-24(26-19(4)28)18(3)27-31-22)14-23(16)32(29,30)25-15-17(2)21-8-6-5-7-9-21/h5-14,17,25H,15H2,1-4H3,(H,26,28)/b13-12-/t17-/m0/s1. The predicted molar refractivity (Wildman–Crippen MR) is 126 cm³/mol. The van der Waals surface area contributed by atoms with Crippen LogP contribution in [0.3, 0.4) is 0 Å². The maximum absolute atomic E-state index is 13.0. The van der Waals surface area contributed by atoms with Crippen LogP contribution < -0.4 is 10.0 Å². The smallest absolute Gasteiger partial charge is 0.240 e. The Balaban J connectivity index is 1.79. The Bertz CT molecular complexity index is 1230. The van der Waals surface area contributed by atoms with Gasteiger partial charge >= 0.3 is 0 Å². The van der Waals surface area contributed by atoms with E-state index in [9.17, 15) is 13.2 Å². The second-order valence-electron chi connectivity index (χ2n) is 7.71. The molecule has 0 aliphatic heterocycles. The van der Waals surface area contributed by atoms with Gasteiger partial charge in [-0.2, -0.15) is 0 Å². The monoisotopic (exact) mass is 453 g/mol. The first-order chi connectivity index (χ1) is 15.2. The molecule has 0 saturated carbocycles. The van der Waals surface area contributed by atoms with Gasteiger partial charge in [-0.15, -0.1) is 0 Å². The van der Waals surface area contributed by atoms with Crippen molar-refractivity contribution in [1.29, 1.82) is 0 Å². The second-order valence-corrected chi connectivity index (χ2v) is 9.45. The largest absolute Gasteiger partial charge is 0.354 e. The molecule has 32 heavy (non-hydrogen) atoms. The summed E-state index contributed by atoms with van der Waals surface area (Å²) in [5.41, 5.74) is 3.45. The molecule has 0 radical (unpaired) electrons. The van der Waals surface area contributed by atoms with E-state index in [1.165, 1.54) is 6.92 Å². The average Bonchev–Trinajstić information content (AvgIpc) is 3.10. The Morgan fingerprint density at radius 1 is 1.12 bits per heavy atom. The number of amides is 1. The Labute approximate surface area is 188 Å². The predicted octanol–water partition coefficient (Wildman–Crippen LogP) is 4.50. The minimum absolute atomic E-state index is 0.0382. The van der Waals surface area contributed by atoms with Gasteiger partial charge in [-0.1, -0.05) is 60.6 Å². The number of nitrogens with one attached hydrogen (secondary N) is 2. The van der Waals surface area contributed by atoms with Gasteiger partial charge in [0.1, 0.15) is 11.4 Å². The Morgan fingerprint density at radius 3 is 2.53 bits per heavy atom. The van der Waals surface area contributed by atoms with Crippen molar-refractivity contribution < 1.29 is 17.7 Å². The summed E-state index contributed by atoms with van der Waals surface area (Å²) in [5.74, 6) is 0.194. The maximum atomic E-state index is 13.0. The van der Waals surface area contributed by atoms with Crippen LogP contribution in [-0.4, -0.2) is 26.0 Å². The van der Waals surface area contributed by atoms with Gasteiger partial charge in [0.25, 0.3) is 0 Å². The van der Waals surface area contributed by atoms with Gasteiger partial charge in [0.2, 0.25) is 15.9 Å². The first-order valence-electron chi connectivity index (χ1n) is 10.2. The van der Waals surface area contributed by atoms with Crippen LogP contribution in [0.15, 0.2) is 57.9 Å². The fraction of sp³-hybridized carbons (Fsp3) is 0.250. The summed E-state index contributed by atoms with van der Waals surface area (Å²) in [4.78, 5) is 11.6. The lowest BCUT2D eigenvalue weighted by atomic mass is 10.0. The van der Waals surface area contributed by atoms with E-state index in [-0.39, 0.29) is 16.7 Å². The summed E-state index contributed by atoms with van der Waals surface area (Å²) in [6.07, 6.45) is 3.37. The summed E-state index contributed by atoms with van der Waals surface area (Å²) in [6.45, 7) is 7.17. The lowest BCUT2D eigenvalue weighted by Gasteiger charge is -2.15. The molecule has 0 saturated heterocycles. The zero-order valence-electron chi connectivity index (χ0n) is 18.5. The van der Waals surface area contributed by atoms with Crippen molar-refractivity contribution >= 4 is 33.8 Å². The van der Waals surface area contributed by atoms with Gasteiger partial charge in [-0.3, -0.25) is 4.79 Å². The third kappa shape index (κ3) is 5.72. The number of hydrogen-bond acceptors (Lipinski definition) is 5. The Hall–Kier alpha value is -3.23.